The van der Waals surface area contributed by atoms with E-state index in [1.807, 2.05) is 7.05 Å². The highest BCUT2D eigenvalue weighted by molar-refractivity contribution is 7.99. The molecule has 0 saturated heterocycles. The maximum Gasteiger partial charge on any atom is 0.102 e. The zero-order valence-electron chi connectivity index (χ0n) is 13.6. The third-order valence-corrected chi connectivity index (χ3v) is 5.09. The van der Waals surface area contributed by atoms with Crippen LogP contribution in [0.3, 0.4) is 0 Å². The second kappa shape index (κ2) is 8.17. The Labute approximate surface area is 137 Å². The molecule has 3 nitrogen and oxygen atoms in total. The van der Waals surface area contributed by atoms with Gasteiger partial charge in [0.2, 0.25) is 0 Å². The molecule has 1 heterocycles. The minimum absolute atomic E-state index is 0.691. The molecule has 4 heteroatoms. The molecular formula is C18H23N3S. The van der Waals surface area contributed by atoms with Crippen LogP contribution in [-0.4, -0.2) is 24.3 Å². The number of aromatic nitrogens is 1. The van der Waals surface area contributed by atoms with Crippen molar-refractivity contribution in [2.75, 3.05) is 19.3 Å². The van der Waals surface area contributed by atoms with Gasteiger partial charge in [-0.3, -0.25) is 4.98 Å². The lowest BCUT2D eigenvalue weighted by Gasteiger charge is -2.10. The molecule has 0 atom stereocenters. The number of nitriles is 1. The molecule has 1 N–H and O–H groups in total. The molecule has 1 aromatic heterocycles. The van der Waals surface area contributed by atoms with Crippen LogP contribution in [0.2, 0.25) is 0 Å². The fourth-order valence-electron chi connectivity index (χ4n) is 2.42. The van der Waals surface area contributed by atoms with Gasteiger partial charge in [-0.05, 0) is 69.3 Å². The Morgan fingerprint density at radius 1 is 1.18 bits per heavy atom. The first-order valence-corrected chi connectivity index (χ1v) is 8.73. The molecule has 1 aromatic carbocycles. The van der Waals surface area contributed by atoms with Gasteiger partial charge in [0, 0.05) is 16.5 Å². The number of nitrogens with zero attached hydrogens (tertiary/aromatic N) is 2. The lowest BCUT2D eigenvalue weighted by Crippen LogP contribution is -2.07. The number of hydrogen-bond acceptors (Lipinski definition) is 4. The molecule has 0 aliphatic carbocycles. The topological polar surface area (TPSA) is 48.7 Å². The molecular weight excluding hydrogens is 290 g/mol. The fourth-order valence-corrected chi connectivity index (χ4v) is 3.54. The molecule has 0 spiro atoms. The number of thioether (sulfide) groups is 1. The van der Waals surface area contributed by atoms with Crippen molar-refractivity contribution in [1.82, 2.24) is 10.3 Å². The van der Waals surface area contributed by atoms with Crippen LogP contribution >= 0.6 is 11.8 Å². The average molecular weight is 313 g/mol. The number of pyridine rings is 1. The summed E-state index contributed by atoms with van der Waals surface area (Å²) in [6.07, 6.45) is 5.31. The third kappa shape index (κ3) is 4.00. The number of unbranched alkanes of at least 4 members (excludes halogenated alkanes) is 2. The molecule has 0 bridgehead atoms. The first-order valence-electron chi connectivity index (χ1n) is 7.75. The maximum atomic E-state index is 9.36. The first kappa shape index (κ1) is 16.8. The number of hydrogen-bond donors (Lipinski definition) is 1. The largest absolute Gasteiger partial charge is 0.320 e. The molecule has 2 rings (SSSR count). The summed E-state index contributed by atoms with van der Waals surface area (Å²) in [6, 6.07) is 6.57. The van der Waals surface area contributed by atoms with Crippen molar-refractivity contribution in [3.63, 3.8) is 0 Å². The SMILES string of the molecule is CNCCCCCSc1c(C#N)cnc2cc(C)c(C)cc12. The van der Waals surface area contributed by atoms with Gasteiger partial charge in [-0.2, -0.15) is 5.26 Å². The lowest BCUT2D eigenvalue weighted by atomic mass is 10.1. The summed E-state index contributed by atoms with van der Waals surface area (Å²) < 4.78 is 0. The standard InChI is InChI=1S/C18H23N3S/c1-13-9-16-17(10-14(13)2)21-12-15(11-19)18(16)22-8-6-4-5-7-20-3/h9-10,12,20H,4-8H2,1-3H3. The molecule has 0 radical (unpaired) electrons. The Bertz CT molecular complexity index is 689. The Balaban J connectivity index is 2.19. The molecule has 0 unspecified atom stereocenters. The van der Waals surface area contributed by atoms with Crippen LogP contribution in [0.1, 0.15) is 36.0 Å². The molecule has 116 valence electrons. The van der Waals surface area contributed by atoms with Gasteiger partial charge in [0.25, 0.3) is 0 Å². The van der Waals surface area contributed by atoms with E-state index < -0.39 is 0 Å². The van der Waals surface area contributed by atoms with E-state index in [0.717, 1.165) is 28.1 Å². The second-order valence-electron chi connectivity index (χ2n) is 5.58. The van der Waals surface area contributed by atoms with Crippen molar-refractivity contribution in [2.45, 2.75) is 38.0 Å². The van der Waals surface area contributed by atoms with Gasteiger partial charge in [-0.1, -0.05) is 6.42 Å². The second-order valence-corrected chi connectivity index (χ2v) is 6.68. The summed E-state index contributed by atoms with van der Waals surface area (Å²) in [5.74, 6) is 1.05. The van der Waals surface area contributed by atoms with Crippen LogP contribution in [0.4, 0.5) is 0 Å². The molecule has 0 saturated carbocycles. The van der Waals surface area contributed by atoms with E-state index in [0.29, 0.717) is 5.56 Å². The zero-order chi connectivity index (χ0) is 15.9. The van der Waals surface area contributed by atoms with Crippen molar-refractivity contribution in [3.05, 3.63) is 35.0 Å². The van der Waals surface area contributed by atoms with E-state index >= 15 is 0 Å². The number of aryl methyl sites for hydroxylation is 2. The van der Waals surface area contributed by atoms with E-state index in [-0.39, 0.29) is 0 Å². The molecule has 0 aliphatic heterocycles. The Kier molecular flexibility index (Phi) is 6.23. The Hall–Kier alpha value is -1.57. The van der Waals surface area contributed by atoms with E-state index in [2.05, 4.69) is 42.4 Å². The normalized spacial score (nSPS) is 10.8. The molecule has 0 aliphatic rings. The smallest absolute Gasteiger partial charge is 0.102 e. The third-order valence-electron chi connectivity index (χ3n) is 3.87. The Morgan fingerprint density at radius 2 is 1.95 bits per heavy atom. The predicted molar refractivity (Wildman–Crippen MR) is 94.4 cm³/mol. The van der Waals surface area contributed by atoms with E-state index in [9.17, 15) is 5.26 Å². The number of nitrogens with one attached hydrogen (secondary N) is 1. The summed E-state index contributed by atoms with van der Waals surface area (Å²) in [6.45, 7) is 5.29. The van der Waals surface area contributed by atoms with Crippen molar-refractivity contribution < 1.29 is 0 Å². The molecule has 0 fully saturated rings. The Morgan fingerprint density at radius 3 is 2.68 bits per heavy atom. The minimum Gasteiger partial charge on any atom is -0.320 e. The monoisotopic (exact) mass is 313 g/mol. The van der Waals surface area contributed by atoms with Gasteiger partial charge in [-0.15, -0.1) is 11.8 Å². The van der Waals surface area contributed by atoms with Crippen LogP contribution < -0.4 is 5.32 Å². The van der Waals surface area contributed by atoms with Crippen LogP contribution in [0.5, 0.6) is 0 Å². The van der Waals surface area contributed by atoms with Gasteiger partial charge in [-0.25, -0.2) is 0 Å². The van der Waals surface area contributed by atoms with Gasteiger partial charge >= 0.3 is 0 Å². The summed E-state index contributed by atoms with van der Waals surface area (Å²) in [4.78, 5) is 5.53. The minimum atomic E-state index is 0.691. The molecule has 0 amide bonds. The first-order chi connectivity index (χ1) is 10.7. The highest BCUT2D eigenvalue weighted by atomic mass is 32.2. The van der Waals surface area contributed by atoms with Crippen molar-refractivity contribution >= 4 is 22.7 Å². The van der Waals surface area contributed by atoms with E-state index in [4.69, 9.17) is 0 Å². The number of fused-ring (bicyclic) bond motifs is 1. The summed E-state index contributed by atoms with van der Waals surface area (Å²) in [5, 5.41) is 13.6. The van der Waals surface area contributed by atoms with Crippen LogP contribution in [0.15, 0.2) is 23.2 Å². The van der Waals surface area contributed by atoms with Gasteiger partial charge in [0.1, 0.15) is 6.07 Å². The van der Waals surface area contributed by atoms with Gasteiger partial charge in [0.05, 0.1) is 11.1 Å². The maximum absolute atomic E-state index is 9.36. The molecule has 2 aromatic rings. The van der Waals surface area contributed by atoms with Crippen molar-refractivity contribution in [3.8, 4) is 6.07 Å². The fraction of sp³-hybridized carbons (Fsp3) is 0.444. The van der Waals surface area contributed by atoms with Crippen LogP contribution in [-0.2, 0) is 0 Å². The highest BCUT2D eigenvalue weighted by Crippen LogP contribution is 2.32. The highest BCUT2D eigenvalue weighted by Gasteiger charge is 2.10. The summed E-state index contributed by atoms with van der Waals surface area (Å²) in [7, 11) is 1.99. The van der Waals surface area contributed by atoms with E-state index in [1.165, 1.54) is 30.4 Å². The average Bonchev–Trinajstić information content (AvgIpc) is 2.52. The predicted octanol–water partition coefficient (Wildman–Crippen LogP) is 4.21. The number of benzene rings is 1. The molecule has 22 heavy (non-hydrogen) atoms. The van der Waals surface area contributed by atoms with Crippen LogP contribution in [0, 0.1) is 25.2 Å². The summed E-state index contributed by atoms with van der Waals surface area (Å²) in [5.41, 5.74) is 4.17. The number of rotatable bonds is 7. The quantitative estimate of drug-likeness (QED) is 0.614. The summed E-state index contributed by atoms with van der Waals surface area (Å²) >= 11 is 1.79. The van der Waals surface area contributed by atoms with Crippen LogP contribution in [0.25, 0.3) is 10.9 Å². The zero-order valence-corrected chi connectivity index (χ0v) is 14.4. The van der Waals surface area contributed by atoms with Crippen molar-refractivity contribution in [1.29, 1.82) is 5.26 Å². The van der Waals surface area contributed by atoms with Crippen molar-refractivity contribution in [2.24, 2.45) is 0 Å². The van der Waals surface area contributed by atoms with E-state index in [1.54, 1.807) is 18.0 Å². The lowest BCUT2D eigenvalue weighted by molar-refractivity contribution is 0.670. The van der Waals surface area contributed by atoms with Gasteiger partial charge < -0.3 is 5.32 Å². The van der Waals surface area contributed by atoms with Gasteiger partial charge in [0.15, 0.2) is 0 Å².